The Labute approximate surface area is 142 Å². The predicted molar refractivity (Wildman–Crippen MR) is 85.2 cm³/mol. The Morgan fingerprint density at radius 1 is 1.17 bits per heavy atom. The van der Waals surface area contributed by atoms with Crippen LogP contribution < -0.4 is 10.1 Å². The van der Waals surface area contributed by atoms with E-state index in [1.807, 2.05) is 0 Å². The number of rotatable bonds is 7. The van der Waals surface area contributed by atoms with E-state index in [0.29, 0.717) is 15.8 Å². The van der Waals surface area contributed by atoms with Crippen LogP contribution in [0.25, 0.3) is 0 Å². The van der Waals surface area contributed by atoms with E-state index in [2.05, 4.69) is 30.7 Å². The maximum atomic E-state index is 12.3. The average molecular weight is 388 g/mol. The zero-order chi connectivity index (χ0) is 17.4. The first-order valence-electron chi connectivity index (χ1n) is 6.72. The van der Waals surface area contributed by atoms with Crippen LogP contribution >= 0.6 is 15.9 Å². The summed E-state index contributed by atoms with van der Waals surface area (Å²) in [6.07, 6.45) is 0.0684. The van der Waals surface area contributed by atoms with Gasteiger partial charge in [-0.25, -0.2) is 4.79 Å². The number of hydrogen-bond acceptors (Lipinski definition) is 6. The zero-order valence-corrected chi connectivity index (χ0v) is 14.6. The quantitative estimate of drug-likeness (QED) is 0.715. The number of nitrogens with one attached hydrogen (secondary N) is 1. The second-order valence-corrected chi connectivity index (χ2v) is 5.37. The van der Waals surface area contributed by atoms with Crippen molar-refractivity contribution in [1.82, 2.24) is 5.32 Å². The summed E-state index contributed by atoms with van der Waals surface area (Å²) in [6, 6.07) is 3.83. The van der Waals surface area contributed by atoms with Crippen LogP contribution in [0.4, 0.5) is 0 Å². The molecule has 8 heteroatoms. The standard InChI is InChI=1S/C15H18BrNO6/c1-21-12-8-9(4-5-10(12)16)14(19)17-11(15(20)23-3)6-7-13(18)22-2/h4-5,8,11H,6-7H2,1-3H3,(H,17,19)/t11-/m1/s1. The van der Waals surface area contributed by atoms with Crippen molar-refractivity contribution in [2.24, 2.45) is 0 Å². The van der Waals surface area contributed by atoms with E-state index in [1.165, 1.54) is 27.4 Å². The molecule has 1 atom stereocenters. The van der Waals surface area contributed by atoms with E-state index in [0.717, 1.165) is 0 Å². The van der Waals surface area contributed by atoms with Gasteiger partial charge in [-0.1, -0.05) is 0 Å². The van der Waals surface area contributed by atoms with Crippen LogP contribution in [-0.4, -0.2) is 45.2 Å². The van der Waals surface area contributed by atoms with Crippen molar-refractivity contribution in [1.29, 1.82) is 0 Å². The van der Waals surface area contributed by atoms with Gasteiger partial charge in [-0.2, -0.15) is 0 Å². The van der Waals surface area contributed by atoms with Gasteiger partial charge in [0.1, 0.15) is 11.8 Å². The molecule has 0 saturated heterocycles. The number of ether oxygens (including phenoxy) is 3. The summed E-state index contributed by atoms with van der Waals surface area (Å²) >= 11 is 3.29. The first-order valence-corrected chi connectivity index (χ1v) is 7.51. The third-order valence-electron chi connectivity index (χ3n) is 3.07. The smallest absolute Gasteiger partial charge is 0.328 e. The summed E-state index contributed by atoms with van der Waals surface area (Å²) < 4.78 is 15.0. The molecule has 0 fully saturated rings. The molecular formula is C15H18BrNO6. The second-order valence-electron chi connectivity index (χ2n) is 4.51. The monoisotopic (exact) mass is 387 g/mol. The van der Waals surface area contributed by atoms with Gasteiger partial charge >= 0.3 is 11.9 Å². The van der Waals surface area contributed by atoms with Gasteiger partial charge in [0.2, 0.25) is 0 Å². The van der Waals surface area contributed by atoms with E-state index in [-0.39, 0.29) is 12.8 Å². The van der Waals surface area contributed by atoms with Crippen LogP contribution in [0.1, 0.15) is 23.2 Å². The SMILES string of the molecule is COC(=O)CC[C@@H](NC(=O)c1ccc(Br)c(OC)c1)C(=O)OC. The number of amides is 1. The summed E-state index contributed by atoms with van der Waals surface area (Å²) in [6.45, 7) is 0. The number of carbonyl (C=O) groups excluding carboxylic acids is 3. The Morgan fingerprint density at radius 3 is 2.43 bits per heavy atom. The zero-order valence-electron chi connectivity index (χ0n) is 13.1. The maximum Gasteiger partial charge on any atom is 0.328 e. The highest BCUT2D eigenvalue weighted by Crippen LogP contribution is 2.25. The van der Waals surface area contributed by atoms with Gasteiger partial charge in [-0.3, -0.25) is 9.59 Å². The van der Waals surface area contributed by atoms with Crippen LogP contribution in [0, 0.1) is 0 Å². The summed E-state index contributed by atoms with van der Waals surface area (Å²) in [7, 11) is 3.94. The molecule has 0 unspecified atom stereocenters. The molecule has 1 aromatic rings. The van der Waals surface area contributed by atoms with Crippen LogP contribution in [0.3, 0.4) is 0 Å². The molecule has 1 amide bonds. The minimum Gasteiger partial charge on any atom is -0.496 e. The Balaban J connectivity index is 2.83. The van der Waals surface area contributed by atoms with E-state index in [9.17, 15) is 14.4 Å². The lowest BCUT2D eigenvalue weighted by atomic mass is 10.1. The molecule has 1 N–H and O–H groups in total. The molecule has 0 saturated carbocycles. The molecule has 126 valence electrons. The fourth-order valence-electron chi connectivity index (χ4n) is 1.80. The number of hydrogen-bond donors (Lipinski definition) is 1. The van der Waals surface area contributed by atoms with Crippen molar-refractivity contribution in [3.8, 4) is 5.75 Å². The van der Waals surface area contributed by atoms with Crippen molar-refractivity contribution in [2.45, 2.75) is 18.9 Å². The number of halogens is 1. The topological polar surface area (TPSA) is 90.9 Å². The Morgan fingerprint density at radius 2 is 1.87 bits per heavy atom. The molecule has 1 aromatic carbocycles. The minimum atomic E-state index is -0.943. The van der Waals surface area contributed by atoms with Crippen LogP contribution in [-0.2, 0) is 19.1 Å². The molecule has 0 radical (unpaired) electrons. The van der Waals surface area contributed by atoms with Gasteiger partial charge in [0.25, 0.3) is 5.91 Å². The highest BCUT2D eigenvalue weighted by molar-refractivity contribution is 9.10. The molecule has 0 heterocycles. The van der Waals surface area contributed by atoms with Crippen molar-refractivity contribution < 1.29 is 28.6 Å². The van der Waals surface area contributed by atoms with Crippen molar-refractivity contribution in [2.75, 3.05) is 21.3 Å². The van der Waals surface area contributed by atoms with Gasteiger partial charge in [0.15, 0.2) is 0 Å². The van der Waals surface area contributed by atoms with E-state index in [4.69, 9.17) is 4.74 Å². The van der Waals surface area contributed by atoms with E-state index >= 15 is 0 Å². The molecule has 0 aliphatic heterocycles. The summed E-state index contributed by atoms with van der Waals surface area (Å²) in [5, 5.41) is 2.54. The number of methoxy groups -OCH3 is 3. The molecule has 0 aliphatic carbocycles. The van der Waals surface area contributed by atoms with Gasteiger partial charge in [0.05, 0.1) is 25.8 Å². The van der Waals surface area contributed by atoms with E-state index < -0.39 is 23.9 Å². The van der Waals surface area contributed by atoms with Crippen LogP contribution in [0.5, 0.6) is 5.75 Å². The summed E-state index contributed by atoms with van der Waals surface area (Å²) in [5.41, 5.74) is 0.317. The molecule has 0 spiro atoms. The molecule has 23 heavy (non-hydrogen) atoms. The fourth-order valence-corrected chi connectivity index (χ4v) is 2.21. The van der Waals surface area contributed by atoms with Crippen molar-refractivity contribution >= 4 is 33.8 Å². The van der Waals surface area contributed by atoms with Gasteiger partial charge in [-0.05, 0) is 40.5 Å². The second kappa shape index (κ2) is 9.14. The Bertz CT molecular complexity index is 589. The average Bonchev–Trinajstić information content (AvgIpc) is 2.57. The third kappa shape index (κ3) is 5.55. The first-order chi connectivity index (χ1) is 10.9. The van der Waals surface area contributed by atoms with Crippen molar-refractivity contribution in [3.63, 3.8) is 0 Å². The molecule has 0 aliphatic rings. The molecule has 0 aromatic heterocycles. The molecule has 1 rings (SSSR count). The van der Waals surface area contributed by atoms with Gasteiger partial charge in [0, 0.05) is 12.0 Å². The van der Waals surface area contributed by atoms with Crippen LogP contribution in [0.15, 0.2) is 22.7 Å². The predicted octanol–water partition coefficient (Wildman–Crippen LogP) is 1.68. The molecule has 0 bridgehead atoms. The highest BCUT2D eigenvalue weighted by atomic mass is 79.9. The van der Waals surface area contributed by atoms with Gasteiger partial charge in [-0.15, -0.1) is 0 Å². The van der Waals surface area contributed by atoms with Crippen LogP contribution in [0.2, 0.25) is 0 Å². The summed E-state index contributed by atoms with van der Waals surface area (Å²) in [4.78, 5) is 35.2. The lowest BCUT2D eigenvalue weighted by molar-refractivity contribution is -0.144. The first kappa shape index (κ1) is 19.0. The van der Waals surface area contributed by atoms with Gasteiger partial charge < -0.3 is 19.5 Å². The van der Waals surface area contributed by atoms with Crippen molar-refractivity contribution in [3.05, 3.63) is 28.2 Å². The largest absolute Gasteiger partial charge is 0.496 e. The lowest BCUT2D eigenvalue weighted by Crippen LogP contribution is -2.41. The summed E-state index contributed by atoms with van der Waals surface area (Å²) in [5.74, 6) is -1.09. The molecule has 7 nitrogen and oxygen atoms in total. The third-order valence-corrected chi connectivity index (χ3v) is 3.72. The number of esters is 2. The molecular weight excluding hydrogens is 370 g/mol. The fraction of sp³-hybridized carbons (Fsp3) is 0.400. The lowest BCUT2D eigenvalue weighted by Gasteiger charge is -2.16. The minimum absolute atomic E-state index is 0.0137. The Kier molecular flexibility index (Phi) is 7.53. The maximum absolute atomic E-state index is 12.3. The normalized spacial score (nSPS) is 11.3. The van der Waals surface area contributed by atoms with E-state index in [1.54, 1.807) is 12.1 Å². The number of carbonyl (C=O) groups is 3. The Hall–Kier alpha value is -2.09. The highest BCUT2D eigenvalue weighted by Gasteiger charge is 2.23. The number of benzene rings is 1.